The maximum Gasteiger partial charge on any atom is 0.0531 e. The summed E-state index contributed by atoms with van der Waals surface area (Å²) >= 11 is 0. The Hall–Kier alpha value is 0.01000. The van der Waals surface area contributed by atoms with Crippen molar-refractivity contribution in [3.63, 3.8) is 0 Å². The van der Waals surface area contributed by atoms with E-state index in [0.29, 0.717) is 0 Å². The maximum atomic E-state index is 4.47. The maximum absolute atomic E-state index is 4.47. The zero-order valence-corrected chi connectivity index (χ0v) is 11.0. The van der Waals surface area contributed by atoms with E-state index in [4.69, 9.17) is 0 Å². The summed E-state index contributed by atoms with van der Waals surface area (Å²) in [5, 5.41) is 2.41. The Morgan fingerprint density at radius 2 is 1.77 bits per heavy atom. The number of pyridine rings is 1. The molecule has 0 spiro atoms. The van der Waals surface area contributed by atoms with E-state index >= 15 is 0 Å². The summed E-state index contributed by atoms with van der Waals surface area (Å²) in [6, 6.07) is 0. The second-order valence-electron chi connectivity index (χ2n) is 4.35. The van der Waals surface area contributed by atoms with E-state index < -0.39 is 0 Å². The van der Waals surface area contributed by atoms with E-state index in [9.17, 15) is 0 Å². The van der Waals surface area contributed by atoms with Crippen molar-refractivity contribution in [3.8, 4) is 0 Å². The molecule has 0 N–H and O–H groups in total. The summed E-state index contributed by atoms with van der Waals surface area (Å²) in [7, 11) is 5.50. The molecule has 0 bridgehead atoms. The molecule has 0 amide bonds. The highest BCUT2D eigenvalue weighted by Crippen LogP contribution is 2.20. The zero-order chi connectivity index (χ0) is 10.2. The molecule has 1 rings (SSSR count). The van der Waals surface area contributed by atoms with Crippen LogP contribution in [0, 0.1) is 6.92 Å². The van der Waals surface area contributed by atoms with Gasteiger partial charge in [0.2, 0.25) is 0 Å². The molecule has 0 aromatic carbocycles. The van der Waals surface area contributed by atoms with E-state index in [0.717, 1.165) is 0 Å². The fourth-order valence-electron chi connectivity index (χ4n) is 1.23. The first-order chi connectivity index (χ1) is 5.84. The van der Waals surface area contributed by atoms with Crippen LogP contribution in [0.25, 0.3) is 0 Å². The normalized spacial score (nSPS) is 11.8. The molecule has 0 saturated carbocycles. The summed E-state index contributed by atoms with van der Waals surface area (Å²) in [5.41, 5.74) is 2.59. The highest BCUT2D eigenvalue weighted by atomic mass is 31.0. The van der Waals surface area contributed by atoms with E-state index in [1.54, 1.807) is 0 Å². The SMILES string of the molecule is Cc1c(P)cnc(C(C)(C)C)c1P. The van der Waals surface area contributed by atoms with Crippen LogP contribution in [-0.4, -0.2) is 4.98 Å². The van der Waals surface area contributed by atoms with Crippen LogP contribution in [0.4, 0.5) is 0 Å². The Bertz CT molecular complexity index is 326. The highest BCUT2D eigenvalue weighted by molar-refractivity contribution is 7.29. The lowest BCUT2D eigenvalue weighted by atomic mass is 9.91. The van der Waals surface area contributed by atoms with Gasteiger partial charge in [0.05, 0.1) is 5.69 Å². The van der Waals surface area contributed by atoms with Crippen LogP contribution in [0.5, 0.6) is 0 Å². The first kappa shape index (κ1) is 11.1. The molecule has 0 fully saturated rings. The molecule has 72 valence electrons. The summed E-state index contributed by atoms with van der Waals surface area (Å²) in [6.45, 7) is 8.68. The Morgan fingerprint density at radius 1 is 1.23 bits per heavy atom. The fourth-order valence-corrected chi connectivity index (χ4v) is 2.30. The Labute approximate surface area is 85.1 Å². The average Bonchev–Trinajstić information content (AvgIpc) is 1.98. The standard InChI is InChI=1S/C10H17NP2/c1-6-7(12)5-11-9(8(6)13)10(2,3)4/h5H,12-13H2,1-4H3. The van der Waals surface area contributed by atoms with Gasteiger partial charge in [-0.1, -0.05) is 20.8 Å². The topological polar surface area (TPSA) is 12.9 Å². The van der Waals surface area contributed by atoms with Crippen molar-refractivity contribution in [3.05, 3.63) is 17.5 Å². The minimum atomic E-state index is 0.125. The van der Waals surface area contributed by atoms with Crippen molar-refractivity contribution in [2.45, 2.75) is 33.1 Å². The second-order valence-corrected chi connectivity index (χ2v) is 5.55. The van der Waals surface area contributed by atoms with Gasteiger partial charge in [-0.25, -0.2) is 0 Å². The van der Waals surface area contributed by atoms with Crippen molar-refractivity contribution in [2.24, 2.45) is 0 Å². The van der Waals surface area contributed by atoms with Gasteiger partial charge in [-0.05, 0) is 23.1 Å². The summed E-state index contributed by atoms with van der Waals surface area (Å²) in [5.74, 6) is 0. The smallest absolute Gasteiger partial charge is 0.0531 e. The minimum absolute atomic E-state index is 0.125. The van der Waals surface area contributed by atoms with E-state index in [1.165, 1.54) is 21.9 Å². The molecule has 13 heavy (non-hydrogen) atoms. The number of hydrogen-bond acceptors (Lipinski definition) is 1. The molecule has 2 unspecified atom stereocenters. The van der Waals surface area contributed by atoms with Crippen LogP contribution in [0.1, 0.15) is 32.0 Å². The predicted octanol–water partition coefficient (Wildman–Crippen LogP) is 1.69. The number of aromatic nitrogens is 1. The Balaban J connectivity index is 3.35. The van der Waals surface area contributed by atoms with Crippen molar-refractivity contribution in [1.29, 1.82) is 0 Å². The van der Waals surface area contributed by atoms with E-state index in [-0.39, 0.29) is 5.41 Å². The number of hydrogen-bond donors (Lipinski definition) is 0. The van der Waals surface area contributed by atoms with Crippen LogP contribution < -0.4 is 10.6 Å². The molecular formula is C10H17NP2. The van der Waals surface area contributed by atoms with Crippen molar-refractivity contribution in [1.82, 2.24) is 4.98 Å². The first-order valence-electron chi connectivity index (χ1n) is 4.35. The molecule has 0 saturated heterocycles. The van der Waals surface area contributed by atoms with Crippen LogP contribution in [0.2, 0.25) is 0 Å². The molecular weight excluding hydrogens is 196 g/mol. The van der Waals surface area contributed by atoms with Gasteiger partial charge < -0.3 is 0 Å². The highest BCUT2D eigenvalue weighted by Gasteiger charge is 2.19. The van der Waals surface area contributed by atoms with E-state index in [1.807, 2.05) is 6.20 Å². The molecule has 1 aromatic rings. The average molecular weight is 213 g/mol. The summed E-state index contributed by atoms with van der Waals surface area (Å²) in [4.78, 5) is 4.47. The largest absolute Gasteiger partial charge is 0.259 e. The minimum Gasteiger partial charge on any atom is -0.259 e. The lowest BCUT2D eigenvalue weighted by Gasteiger charge is -2.21. The third-order valence-corrected chi connectivity index (χ3v) is 3.42. The molecule has 1 nitrogen and oxygen atoms in total. The van der Waals surface area contributed by atoms with Crippen molar-refractivity contribution >= 4 is 29.1 Å². The molecule has 1 aromatic heterocycles. The quantitative estimate of drug-likeness (QED) is 0.597. The predicted molar refractivity (Wildman–Crippen MR) is 66.4 cm³/mol. The van der Waals surface area contributed by atoms with Gasteiger partial charge in [0, 0.05) is 11.6 Å². The number of nitrogens with zero attached hydrogens (tertiary/aromatic N) is 1. The van der Waals surface area contributed by atoms with Gasteiger partial charge in [-0.2, -0.15) is 0 Å². The van der Waals surface area contributed by atoms with Gasteiger partial charge in [-0.15, -0.1) is 18.5 Å². The molecule has 0 aliphatic rings. The molecule has 3 heteroatoms. The van der Waals surface area contributed by atoms with Crippen LogP contribution in [0.3, 0.4) is 0 Å². The summed E-state index contributed by atoms with van der Waals surface area (Å²) < 4.78 is 0. The molecule has 0 aliphatic carbocycles. The van der Waals surface area contributed by atoms with Crippen LogP contribution >= 0.6 is 18.5 Å². The van der Waals surface area contributed by atoms with Gasteiger partial charge >= 0.3 is 0 Å². The van der Waals surface area contributed by atoms with E-state index in [2.05, 4.69) is 51.2 Å². The van der Waals surface area contributed by atoms with Crippen molar-refractivity contribution < 1.29 is 0 Å². The summed E-state index contributed by atoms with van der Waals surface area (Å²) in [6.07, 6.45) is 1.92. The second kappa shape index (κ2) is 3.64. The van der Waals surface area contributed by atoms with Gasteiger partial charge in [0.25, 0.3) is 0 Å². The Morgan fingerprint density at radius 3 is 2.23 bits per heavy atom. The Kier molecular flexibility index (Phi) is 3.10. The van der Waals surface area contributed by atoms with Gasteiger partial charge in [-0.3, -0.25) is 4.98 Å². The monoisotopic (exact) mass is 213 g/mol. The lowest BCUT2D eigenvalue weighted by Crippen LogP contribution is -2.25. The molecule has 2 atom stereocenters. The van der Waals surface area contributed by atoms with Crippen LogP contribution in [-0.2, 0) is 5.41 Å². The molecule has 0 radical (unpaired) electrons. The first-order valence-corrected chi connectivity index (χ1v) is 5.50. The van der Waals surface area contributed by atoms with Crippen molar-refractivity contribution in [2.75, 3.05) is 0 Å². The molecule has 1 heterocycles. The van der Waals surface area contributed by atoms with Gasteiger partial charge in [0.15, 0.2) is 0 Å². The molecule has 0 aliphatic heterocycles. The third kappa shape index (κ3) is 2.27. The zero-order valence-electron chi connectivity index (χ0n) is 8.68. The van der Waals surface area contributed by atoms with Gasteiger partial charge in [0.1, 0.15) is 0 Å². The third-order valence-electron chi connectivity index (χ3n) is 2.14. The lowest BCUT2D eigenvalue weighted by molar-refractivity contribution is 0.573. The fraction of sp³-hybridized carbons (Fsp3) is 0.500. The van der Waals surface area contributed by atoms with Crippen LogP contribution in [0.15, 0.2) is 6.20 Å². The number of rotatable bonds is 0.